The lowest BCUT2D eigenvalue weighted by atomic mass is 9.94. The van der Waals surface area contributed by atoms with E-state index >= 15 is 0 Å². The number of benzene rings is 3. The lowest BCUT2D eigenvalue weighted by molar-refractivity contribution is -0.127. The Hall–Kier alpha value is -3.95. The minimum absolute atomic E-state index is 0.138. The van der Waals surface area contributed by atoms with Gasteiger partial charge in [-0.25, -0.2) is 4.99 Å². The molecule has 0 spiro atoms. The number of ether oxygens (including phenoxy) is 2. The maximum atomic E-state index is 14.1. The summed E-state index contributed by atoms with van der Waals surface area (Å²) in [6.07, 6.45) is 1.85. The van der Waals surface area contributed by atoms with Crippen molar-refractivity contribution in [3.63, 3.8) is 0 Å². The Morgan fingerprint density at radius 3 is 2.45 bits per heavy atom. The number of thiazole rings is 1. The van der Waals surface area contributed by atoms with Crippen LogP contribution in [0.5, 0.6) is 11.5 Å². The van der Waals surface area contributed by atoms with Gasteiger partial charge in [-0.1, -0.05) is 65.9 Å². The molecule has 1 aromatic heterocycles. The summed E-state index contributed by atoms with van der Waals surface area (Å²) in [7, 11) is 1.59. The molecule has 0 radical (unpaired) electrons. The van der Waals surface area contributed by atoms with Crippen molar-refractivity contribution in [1.82, 2.24) is 9.47 Å². The number of rotatable bonds is 9. The maximum absolute atomic E-state index is 14.1. The molecule has 5 rings (SSSR count). The number of para-hydroxylation sites is 1. The molecular weight excluding hydrogens is 614 g/mol. The second-order valence-electron chi connectivity index (χ2n) is 9.77. The number of likely N-dealkylation sites (N-methyl/N-ethyl adjacent to an activating group) is 1. The first-order valence-corrected chi connectivity index (χ1v) is 15.4. The topological polar surface area (TPSA) is 73.1 Å². The van der Waals surface area contributed by atoms with Crippen LogP contribution >= 0.6 is 27.3 Å². The zero-order chi connectivity index (χ0) is 29.8. The Bertz CT molecular complexity index is 1820. The molecule has 0 saturated heterocycles. The van der Waals surface area contributed by atoms with Gasteiger partial charge < -0.3 is 14.4 Å². The second-order valence-corrected chi connectivity index (χ2v) is 11.6. The van der Waals surface area contributed by atoms with Gasteiger partial charge in [-0.2, -0.15) is 0 Å². The van der Waals surface area contributed by atoms with Gasteiger partial charge in [0.15, 0.2) is 4.80 Å². The highest BCUT2D eigenvalue weighted by molar-refractivity contribution is 9.10. The summed E-state index contributed by atoms with van der Waals surface area (Å²) >= 11 is 4.92. The van der Waals surface area contributed by atoms with Crippen LogP contribution in [0.1, 0.15) is 43.5 Å². The number of carbonyl (C=O) groups is 1. The largest absolute Gasteiger partial charge is 0.496 e. The number of aromatic nitrogens is 1. The van der Waals surface area contributed by atoms with E-state index in [2.05, 4.69) is 15.9 Å². The summed E-state index contributed by atoms with van der Waals surface area (Å²) in [4.78, 5) is 34.9. The number of nitrogens with zero attached hydrogens (tertiary/aromatic N) is 3. The molecule has 0 N–H and O–H groups in total. The van der Waals surface area contributed by atoms with Gasteiger partial charge in [-0.3, -0.25) is 14.2 Å². The first kappa shape index (κ1) is 29.5. The summed E-state index contributed by atoms with van der Waals surface area (Å²) in [5, 5.41) is 0. The van der Waals surface area contributed by atoms with Crippen molar-refractivity contribution in [3.05, 3.63) is 125 Å². The van der Waals surface area contributed by atoms with E-state index in [1.165, 1.54) is 11.3 Å². The smallest absolute Gasteiger partial charge is 0.271 e. The van der Waals surface area contributed by atoms with Crippen LogP contribution in [0.2, 0.25) is 0 Å². The maximum Gasteiger partial charge on any atom is 0.271 e. The average molecular weight is 647 g/mol. The minimum Gasteiger partial charge on any atom is -0.496 e. The zero-order valence-electron chi connectivity index (χ0n) is 24.0. The van der Waals surface area contributed by atoms with Crippen molar-refractivity contribution in [3.8, 4) is 11.5 Å². The number of hydrogen-bond acceptors (Lipinski definition) is 6. The highest BCUT2D eigenvalue weighted by Gasteiger charge is 2.35. The van der Waals surface area contributed by atoms with Gasteiger partial charge in [0.2, 0.25) is 0 Å². The van der Waals surface area contributed by atoms with Crippen molar-refractivity contribution in [2.45, 2.75) is 33.4 Å². The summed E-state index contributed by atoms with van der Waals surface area (Å²) in [6, 6.07) is 22.5. The summed E-state index contributed by atoms with van der Waals surface area (Å²) in [5.74, 6) is 1.18. The SMILES string of the molecule is CCN(CC)C(=O)C1=C(C)N=c2s/c(=C/c3ccc(OCc4ccccc4)c(Br)c3)c(=O)n2[C@H]1c1ccccc1OC. The van der Waals surface area contributed by atoms with Crippen LogP contribution in [0.3, 0.4) is 0 Å². The summed E-state index contributed by atoms with van der Waals surface area (Å²) in [6.45, 7) is 7.28. The van der Waals surface area contributed by atoms with Crippen molar-refractivity contribution in [2.75, 3.05) is 20.2 Å². The normalized spacial score (nSPS) is 14.8. The number of methoxy groups -OCH3 is 1. The van der Waals surface area contributed by atoms with Crippen molar-refractivity contribution in [1.29, 1.82) is 0 Å². The Labute approximate surface area is 257 Å². The number of carbonyl (C=O) groups excluding carboxylic acids is 1. The third-order valence-electron chi connectivity index (χ3n) is 7.23. The van der Waals surface area contributed by atoms with E-state index in [0.717, 1.165) is 21.2 Å². The van der Waals surface area contributed by atoms with E-state index in [4.69, 9.17) is 14.5 Å². The number of amides is 1. The minimum atomic E-state index is -0.673. The molecule has 1 atom stereocenters. The standard InChI is InChI=1S/C33H32BrN3O4S/c1-5-36(6-2)32(39)29-21(3)35-33-37(30(29)24-14-10-11-15-26(24)40-4)31(38)28(42-33)19-23-16-17-27(25(34)18-23)41-20-22-12-8-7-9-13-22/h7-19,30H,5-6,20H2,1-4H3/b28-19+/t30-/m0/s1. The van der Waals surface area contributed by atoms with Gasteiger partial charge in [0.25, 0.3) is 11.5 Å². The molecule has 42 heavy (non-hydrogen) atoms. The van der Waals surface area contributed by atoms with Crippen LogP contribution in [0, 0.1) is 0 Å². The molecule has 1 amide bonds. The molecule has 1 aliphatic rings. The number of allylic oxidation sites excluding steroid dienone is 1. The van der Waals surface area contributed by atoms with Crippen molar-refractivity contribution >= 4 is 39.2 Å². The Balaban J connectivity index is 1.58. The van der Waals surface area contributed by atoms with E-state index in [0.29, 0.717) is 51.8 Å². The van der Waals surface area contributed by atoms with E-state index < -0.39 is 6.04 Å². The molecule has 0 bridgehead atoms. The predicted octanol–water partition coefficient (Wildman–Crippen LogP) is 5.45. The first-order chi connectivity index (χ1) is 20.4. The molecule has 0 unspecified atom stereocenters. The quantitative estimate of drug-likeness (QED) is 0.243. The van der Waals surface area contributed by atoms with Gasteiger partial charge in [0.05, 0.1) is 27.4 Å². The zero-order valence-corrected chi connectivity index (χ0v) is 26.4. The van der Waals surface area contributed by atoms with E-state index in [-0.39, 0.29) is 11.5 Å². The lowest BCUT2D eigenvalue weighted by Crippen LogP contribution is -2.43. The van der Waals surface area contributed by atoms with Gasteiger partial charge in [-0.05, 0) is 72.1 Å². The molecule has 7 nitrogen and oxygen atoms in total. The molecule has 0 aliphatic carbocycles. The Morgan fingerprint density at radius 2 is 1.76 bits per heavy atom. The van der Waals surface area contributed by atoms with E-state index in [1.807, 2.05) is 99.6 Å². The Kier molecular flexibility index (Phi) is 9.09. The third kappa shape index (κ3) is 5.84. The molecule has 3 aromatic carbocycles. The van der Waals surface area contributed by atoms with Crippen LogP contribution in [-0.4, -0.2) is 35.6 Å². The van der Waals surface area contributed by atoms with Crippen molar-refractivity contribution in [2.24, 2.45) is 4.99 Å². The number of hydrogen-bond donors (Lipinski definition) is 0. The molecule has 2 heterocycles. The summed E-state index contributed by atoms with van der Waals surface area (Å²) < 4.78 is 14.6. The van der Waals surface area contributed by atoms with Crippen LogP contribution in [0.25, 0.3) is 6.08 Å². The van der Waals surface area contributed by atoms with E-state index in [1.54, 1.807) is 16.6 Å². The van der Waals surface area contributed by atoms with Gasteiger partial charge in [-0.15, -0.1) is 0 Å². The third-order valence-corrected chi connectivity index (χ3v) is 8.83. The molecule has 1 aliphatic heterocycles. The molecule has 4 aromatic rings. The van der Waals surface area contributed by atoms with Crippen molar-refractivity contribution < 1.29 is 14.3 Å². The second kappa shape index (κ2) is 12.9. The van der Waals surface area contributed by atoms with Gasteiger partial charge >= 0.3 is 0 Å². The fraction of sp³-hybridized carbons (Fsp3) is 0.242. The fourth-order valence-corrected chi connectivity index (χ4v) is 6.63. The molecule has 0 fully saturated rings. The fourth-order valence-electron chi connectivity index (χ4n) is 5.07. The monoisotopic (exact) mass is 645 g/mol. The number of fused-ring (bicyclic) bond motifs is 1. The molecule has 9 heteroatoms. The highest BCUT2D eigenvalue weighted by atomic mass is 79.9. The molecule has 216 valence electrons. The molecular formula is C33H32BrN3O4S. The molecule has 0 saturated carbocycles. The van der Waals surface area contributed by atoms with E-state index in [9.17, 15) is 9.59 Å². The average Bonchev–Trinajstić information content (AvgIpc) is 3.30. The van der Waals surface area contributed by atoms with Crippen LogP contribution in [-0.2, 0) is 11.4 Å². The van der Waals surface area contributed by atoms with Crippen LogP contribution in [0.15, 0.2) is 98.3 Å². The van der Waals surface area contributed by atoms with Gasteiger partial charge in [0.1, 0.15) is 24.1 Å². The first-order valence-electron chi connectivity index (χ1n) is 13.8. The van der Waals surface area contributed by atoms with Gasteiger partial charge in [0, 0.05) is 18.7 Å². The Morgan fingerprint density at radius 1 is 1.05 bits per heavy atom. The highest BCUT2D eigenvalue weighted by Crippen LogP contribution is 2.36. The van der Waals surface area contributed by atoms with Crippen LogP contribution < -0.4 is 24.4 Å². The summed E-state index contributed by atoms with van der Waals surface area (Å²) in [5.41, 5.74) is 3.51. The lowest BCUT2D eigenvalue weighted by Gasteiger charge is -2.29. The number of halogens is 1. The van der Waals surface area contributed by atoms with Crippen LogP contribution in [0.4, 0.5) is 0 Å². The predicted molar refractivity (Wildman–Crippen MR) is 170 cm³/mol.